The first-order valence-electron chi connectivity index (χ1n) is 6.14. The van der Waals surface area contributed by atoms with Gasteiger partial charge in [-0.3, -0.25) is 0 Å². The van der Waals surface area contributed by atoms with E-state index in [9.17, 15) is 0 Å². The molecule has 1 N–H and O–H groups in total. The van der Waals surface area contributed by atoms with E-state index >= 15 is 0 Å². The number of anilines is 1. The average molecular weight is 219 g/mol. The molecule has 1 saturated carbocycles. The molecule has 16 heavy (non-hydrogen) atoms. The van der Waals surface area contributed by atoms with Crippen molar-refractivity contribution >= 4 is 5.82 Å². The van der Waals surface area contributed by atoms with Crippen LogP contribution in [0, 0.1) is 0 Å². The number of aromatic nitrogens is 2. The highest BCUT2D eigenvalue weighted by atomic mass is 15.0. The summed E-state index contributed by atoms with van der Waals surface area (Å²) in [7, 11) is 0. The van der Waals surface area contributed by atoms with Gasteiger partial charge in [0.1, 0.15) is 11.6 Å². The minimum Gasteiger partial charge on any atom is -0.370 e. The summed E-state index contributed by atoms with van der Waals surface area (Å²) in [6, 6.07) is 2.08. The first kappa shape index (κ1) is 11.4. The van der Waals surface area contributed by atoms with Gasteiger partial charge >= 0.3 is 0 Å². The quantitative estimate of drug-likeness (QED) is 0.849. The standard InChI is InChI=1S/C13H21N3/c1-5-14-11-8-10(13(2,3)4)15-12(16-11)9-6-7-9/h8-9H,5-7H2,1-4H3,(H,14,15,16). The van der Waals surface area contributed by atoms with E-state index in [4.69, 9.17) is 4.98 Å². The molecule has 3 nitrogen and oxygen atoms in total. The Morgan fingerprint density at radius 1 is 1.31 bits per heavy atom. The Labute approximate surface area is 97.7 Å². The van der Waals surface area contributed by atoms with Gasteiger partial charge in [0.15, 0.2) is 0 Å². The first-order valence-corrected chi connectivity index (χ1v) is 6.14. The molecule has 2 rings (SSSR count). The third-order valence-electron chi connectivity index (χ3n) is 2.81. The zero-order valence-corrected chi connectivity index (χ0v) is 10.7. The molecule has 1 aliphatic carbocycles. The molecule has 0 saturated heterocycles. The molecular formula is C13H21N3. The summed E-state index contributed by atoms with van der Waals surface area (Å²) in [5.74, 6) is 2.62. The Bertz CT molecular complexity index is 375. The topological polar surface area (TPSA) is 37.8 Å². The van der Waals surface area contributed by atoms with Crippen molar-refractivity contribution in [3.8, 4) is 0 Å². The second-order valence-corrected chi connectivity index (χ2v) is 5.55. The van der Waals surface area contributed by atoms with Gasteiger partial charge in [-0.15, -0.1) is 0 Å². The maximum absolute atomic E-state index is 4.70. The number of nitrogens with one attached hydrogen (secondary N) is 1. The first-order chi connectivity index (χ1) is 7.50. The van der Waals surface area contributed by atoms with Crippen LogP contribution in [0.15, 0.2) is 6.07 Å². The van der Waals surface area contributed by atoms with Gasteiger partial charge in [-0.25, -0.2) is 9.97 Å². The van der Waals surface area contributed by atoms with Crippen molar-refractivity contribution in [2.24, 2.45) is 0 Å². The van der Waals surface area contributed by atoms with Crippen molar-refractivity contribution in [3.63, 3.8) is 0 Å². The molecule has 0 atom stereocenters. The highest BCUT2D eigenvalue weighted by Crippen LogP contribution is 2.39. The maximum Gasteiger partial charge on any atom is 0.134 e. The van der Waals surface area contributed by atoms with E-state index in [2.05, 4.69) is 44.1 Å². The summed E-state index contributed by atoms with van der Waals surface area (Å²) in [6.07, 6.45) is 2.50. The minimum absolute atomic E-state index is 0.0940. The van der Waals surface area contributed by atoms with E-state index in [-0.39, 0.29) is 5.41 Å². The second kappa shape index (κ2) is 4.04. The van der Waals surface area contributed by atoms with Crippen LogP contribution in [0.5, 0.6) is 0 Å². The fourth-order valence-electron chi connectivity index (χ4n) is 1.65. The lowest BCUT2D eigenvalue weighted by atomic mass is 9.92. The molecule has 0 bridgehead atoms. The van der Waals surface area contributed by atoms with Gasteiger partial charge in [0.05, 0.1) is 5.69 Å². The summed E-state index contributed by atoms with van der Waals surface area (Å²) >= 11 is 0. The molecule has 0 unspecified atom stereocenters. The van der Waals surface area contributed by atoms with Crippen LogP contribution in [0.3, 0.4) is 0 Å². The Morgan fingerprint density at radius 2 is 2.00 bits per heavy atom. The summed E-state index contributed by atoms with van der Waals surface area (Å²) in [4.78, 5) is 9.27. The van der Waals surface area contributed by atoms with E-state index in [1.54, 1.807) is 0 Å². The van der Waals surface area contributed by atoms with Crippen LogP contribution >= 0.6 is 0 Å². The molecule has 3 heteroatoms. The Kier molecular flexibility index (Phi) is 2.87. The van der Waals surface area contributed by atoms with Crippen molar-refractivity contribution in [2.45, 2.75) is 51.9 Å². The van der Waals surface area contributed by atoms with Gasteiger partial charge in [0, 0.05) is 23.9 Å². The lowest BCUT2D eigenvalue weighted by Gasteiger charge is -2.19. The predicted octanol–water partition coefficient (Wildman–Crippen LogP) is 3.08. The van der Waals surface area contributed by atoms with Gasteiger partial charge in [-0.2, -0.15) is 0 Å². The third kappa shape index (κ3) is 2.52. The van der Waals surface area contributed by atoms with Crippen molar-refractivity contribution in [1.82, 2.24) is 9.97 Å². The second-order valence-electron chi connectivity index (χ2n) is 5.55. The molecule has 1 heterocycles. The Balaban J connectivity index is 2.36. The van der Waals surface area contributed by atoms with Gasteiger partial charge in [-0.1, -0.05) is 20.8 Å². The number of rotatable bonds is 3. The fraction of sp³-hybridized carbons (Fsp3) is 0.692. The number of nitrogens with zero attached hydrogens (tertiary/aromatic N) is 2. The lowest BCUT2D eigenvalue weighted by molar-refractivity contribution is 0.562. The van der Waals surface area contributed by atoms with Crippen molar-refractivity contribution in [3.05, 3.63) is 17.6 Å². The molecule has 0 spiro atoms. The molecule has 0 aromatic carbocycles. The molecule has 0 radical (unpaired) electrons. The van der Waals surface area contributed by atoms with Crippen LogP contribution in [0.25, 0.3) is 0 Å². The smallest absolute Gasteiger partial charge is 0.134 e. The Morgan fingerprint density at radius 3 is 2.50 bits per heavy atom. The van der Waals surface area contributed by atoms with E-state index in [0.29, 0.717) is 5.92 Å². The highest BCUT2D eigenvalue weighted by molar-refractivity contribution is 5.38. The van der Waals surface area contributed by atoms with Crippen LogP contribution in [0.2, 0.25) is 0 Å². The zero-order valence-electron chi connectivity index (χ0n) is 10.7. The van der Waals surface area contributed by atoms with Gasteiger partial charge in [0.2, 0.25) is 0 Å². The lowest BCUT2D eigenvalue weighted by Crippen LogP contribution is -2.16. The van der Waals surface area contributed by atoms with Crippen LogP contribution in [-0.4, -0.2) is 16.5 Å². The fourth-order valence-corrected chi connectivity index (χ4v) is 1.65. The predicted molar refractivity (Wildman–Crippen MR) is 66.9 cm³/mol. The van der Waals surface area contributed by atoms with Gasteiger partial charge in [0.25, 0.3) is 0 Å². The van der Waals surface area contributed by atoms with E-state index in [1.807, 2.05) is 0 Å². The zero-order chi connectivity index (χ0) is 11.8. The highest BCUT2D eigenvalue weighted by Gasteiger charge is 2.28. The molecule has 1 fully saturated rings. The third-order valence-corrected chi connectivity index (χ3v) is 2.81. The SMILES string of the molecule is CCNc1cc(C(C)(C)C)nc(C2CC2)n1. The van der Waals surface area contributed by atoms with Crippen LogP contribution in [0.1, 0.15) is 58.0 Å². The molecular weight excluding hydrogens is 198 g/mol. The van der Waals surface area contributed by atoms with Crippen LogP contribution < -0.4 is 5.32 Å². The molecule has 1 aromatic heterocycles. The van der Waals surface area contributed by atoms with Crippen molar-refractivity contribution in [1.29, 1.82) is 0 Å². The Hall–Kier alpha value is -1.12. The summed E-state index contributed by atoms with van der Waals surface area (Å²) < 4.78 is 0. The van der Waals surface area contributed by atoms with E-state index in [0.717, 1.165) is 23.9 Å². The molecule has 1 aromatic rings. The number of hydrogen-bond donors (Lipinski definition) is 1. The summed E-state index contributed by atoms with van der Waals surface area (Å²) in [5, 5.41) is 3.29. The monoisotopic (exact) mass is 219 g/mol. The summed E-state index contributed by atoms with van der Waals surface area (Å²) in [5.41, 5.74) is 1.23. The molecule has 88 valence electrons. The van der Waals surface area contributed by atoms with Gasteiger partial charge in [-0.05, 0) is 19.8 Å². The van der Waals surface area contributed by atoms with Crippen molar-refractivity contribution in [2.75, 3.05) is 11.9 Å². The summed E-state index contributed by atoms with van der Waals surface area (Å²) in [6.45, 7) is 9.59. The molecule has 0 amide bonds. The maximum atomic E-state index is 4.70. The van der Waals surface area contributed by atoms with Crippen LogP contribution in [0.4, 0.5) is 5.82 Å². The van der Waals surface area contributed by atoms with E-state index < -0.39 is 0 Å². The minimum atomic E-state index is 0.0940. The number of hydrogen-bond acceptors (Lipinski definition) is 3. The van der Waals surface area contributed by atoms with E-state index in [1.165, 1.54) is 12.8 Å². The van der Waals surface area contributed by atoms with Crippen LogP contribution in [-0.2, 0) is 5.41 Å². The largest absolute Gasteiger partial charge is 0.370 e. The normalized spacial score (nSPS) is 16.2. The average Bonchev–Trinajstić information content (AvgIpc) is 2.99. The van der Waals surface area contributed by atoms with Gasteiger partial charge < -0.3 is 5.32 Å². The molecule has 1 aliphatic rings. The van der Waals surface area contributed by atoms with Crippen molar-refractivity contribution < 1.29 is 0 Å². The molecule has 0 aliphatic heterocycles.